The van der Waals surface area contributed by atoms with Crippen LogP contribution >= 0.6 is 0 Å². The number of allylic oxidation sites excluding steroid dienone is 8. The van der Waals surface area contributed by atoms with Gasteiger partial charge in [0.15, 0.2) is 0 Å². The van der Waals surface area contributed by atoms with Gasteiger partial charge in [0.05, 0.1) is 0 Å². The highest BCUT2D eigenvalue weighted by Crippen LogP contribution is 2.06. The third-order valence-corrected chi connectivity index (χ3v) is 3.73. The van der Waals surface area contributed by atoms with Crippen molar-refractivity contribution in [2.24, 2.45) is 0 Å². The van der Waals surface area contributed by atoms with Crippen molar-refractivity contribution in [3.63, 3.8) is 0 Å². The first kappa shape index (κ1) is 22.4. The smallest absolute Gasteiger partial charge is 0.303 e. The second-order valence-electron chi connectivity index (χ2n) is 6.07. The zero-order chi connectivity index (χ0) is 17.7. The molecule has 136 valence electrons. The average molecular weight is 333 g/mol. The molecule has 1 N–H and O–H groups in total. The molecule has 0 aromatic rings. The minimum atomic E-state index is -0.682. The fourth-order valence-corrected chi connectivity index (χ4v) is 2.33. The van der Waals surface area contributed by atoms with Gasteiger partial charge in [0.2, 0.25) is 0 Å². The molecule has 2 nitrogen and oxygen atoms in total. The van der Waals surface area contributed by atoms with Crippen LogP contribution in [0.1, 0.15) is 84.0 Å². The average Bonchev–Trinajstić information content (AvgIpc) is 2.56. The number of rotatable bonds is 16. The van der Waals surface area contributed by atoms with Crippen LogP contribution in [0.15, 0.2) is 48.6 Å². The number of aliphatic carboxylic acids is 1. The zero-order valence-electron chi connectivity index (χ0n) is 15.5. The van der Waals surface area contributed by atoms with Gasteiger partial charge in [-0.3, -0.25) is 4.79 Å². The molecule has 0 saturated carbocycles. The van der Waals surface area contributed by atoms with Gasteiger partial charge in [-0.2, -0.15) is 0 Å². The van der Waals surface area contributed by atoms with Crippen LogP contribution < -0.4 is 0 Å². The summed E-state index contributed by atoms with van der Waals surface area (Å²) in [5.41, 5.74) is 0. The van der Waals surface area contributed by atoms with Gasteiger partial charge in [0, 0.05) is 6.42 Å². The standard InChI is InChI=1S/C22H36O2/c1-2-3-4-5-6-7-8-9-10-11-12-13-14-15-16-17-18-19-20-21-22(23)24/h3-4,9-10,12-15H,2,5-8,11,16-21H2,1H3,(H,23,24). The molecule has 2 heteroatoms. The van der Waals surface area contributed by atoms with Gasteiger partial charge < -0.3 is 5.11 Å². The molecule has 0 atom stereocenters. The van der Waals surface area contributed by atoms with Crippen molar-refractivity contribution in [2.75, 3.05) is 0 Å². The van der Waals surface area contributed by atoms with Gasteiger partial charge in [-0.25, -0.2) is 0 Å². The van der Waals surface area contributed by atoms with Crippen molar-refractivity contribution in [1.29, 1.82) is 0 Å². The molecule has 0 aromatic heterocycles. The highest BCUT2D eigenvalue weighted by atomic mass is 16.4. The number of carboxylic acids is 1. The van der Waals surface area contributed by atoms with Crippen molar-refractivity contribution in [3.05, 3.63) is 48.6 Å². The summed E-state index contributed by atoms with van der Waals surface area (Å²) in [7, 11) is 0. The van der Waals surface area contributed by atoms with Gasteiger partial charge in [-0.15, -0.1) is 0 Å². The van der Waals surface area contributed by atoms with Gasteiger partial charge in [0.25, 0.3) is 0 Å². The molecule has 0 aromatic carbocycles. The Hall–Kier alpha value is -1.57. The number of unbranched alkanes of at least 4 members (excludes halogenated alkanes) is 7. The summed E-state index contributed by atoms with van der Waals surface area (Å²) < 4.78 is 0. The van der Waals surface area contributed by atoms with E-state index in [-0.39, 0.29) is 0 Å². The van der Waals surface area contributed by atoms with Crippen LogP contribution in [-0.4, -0.2) is 11.1 Å². The molecule has 0 aliphatic heterocycles. The second kappa shape index (κ2) is 19.5. The summed E-state index contributed by atoms with van der Waals surface area (Å²) in [6, 6.07) is 0. The van der Waals surface area contributed by atoms with Crippen molar-refractivity contribution >= 4 is 5.97 Å². The Morgan fingerprint density at radius 1 is 0.708 bits per heavy atom. The monoisotopic (exact) mass is 332 g/mol. The first-order chi connectivity index (χ1) is 11.8. The minimum Gasteiger partial charge on any atom is -0.481 e. The summed E-state index contributed by atoms with van der Waals surface area (Å²) >= 11 is 0. The summed E-state index contributed by atoms with van der Waals surface area (Å²) in [5, 5.41) is 8.53. The molecule has 24 heavy (non-hydrogen) atoms. The molecule has 0 amide bonds. The Morgan fingerprint density at radius 2 is 1.29 bits per heavy atom. The van der Waals surface area contributed by atoms with Gasteiger partial charge in [-0.05, 0) is 57.8 Å². The van der Waals surface area contributed by atoms with E-state index < -0.39 is 5.97 Å². The number of hydrogen-bond acceptors (Lipinski definition) is 1. The van der Waals surface area contributed by atoms with Crippen LogP contribution in [0.5, 0.6) is 0 Å². The summed E-state index contributed by atoms with van der Waals surface area (Å²) in [6.45, 7) is 2.17. The molecular weight excluding hydrogens is 296 g/mol. The van der Waals surface area contributed by atoms with Gasteiger partial charge in [0.1, 0.15) is 0 Å². The first-order valence-electron chi connectivity index (χ1n) is 9.60. The maximum atomic E-state index is 10.4. The lowest BCUT2D eigenvalue weighted by Gasteiger charge is -1.96. The molecule has 0 unspecified atom stereocenters. The van der Waals surface area contributed by atoms with E-state index in [1.165, 1.54) is 25.7 Å². The maximum Gasteiger partial charge on any atom is 0.303 e. The highest BCUT2D eigenvalue weighted by molar-refractivity contribution is 5.66. The lowest BCUT2D eigenvalue weighted by molar-refractivity contribution is -0.137. The van der Waals surface area contributed by atoms with Crippen LogP contribution in [0.4, 0.5) is 0 Å². The number of carboxylic acid groups (broad SMARTS) is 1. The van der Waals surface area contributed by atoms with E-state index in [4.69, 9.17) is 5.11 Å². The Bertz CT molecular complexity index is 389. The fraction of sp³-hybridized carbons (Fsp3) is 0.591. The molecule has 0 spiro atoms. The van der Waals surface area contributed by atoms with Gasteiger partial charge in [-0.1, -0.05) is 68.4 Å². The second-order valence-corrected chi connectivity index (χ2v) is 6.07. The molecule has 0 heterocycles. The van der Waals surface area contributed by atoms with E-state index >= 15 is 0 Å². The topological polar surface area (TPSA) is 37.3 Å². The summed E-state index contributed by atoms with van der Waals surface area (Å²) in [5.74, 6) is -0.682. The van der Waals surface area contributed by atoms with E-state index in [0.29, 0.717) is 6.42 Å². The lowest BCUT2D eigenvalue weighted by atomic mass is 10.1. The molecule has 0 aliphatic carbocycles. The SMILES string of the molecule is CCC=CCCCCC=CCC=CC=CCCCCCCC(=O)O. The van der Waals surface area contributed by atoms with E-state index in [0.717, 1.165) is 44.9 Å². The van der Waals surface area contributed by atoms with Crippen LogP contribution in [0.25, 0.3) is 0 Å². The number of carbonyl (C=O) groups is 1. The van der Waals surface area contributed by atoms with E-state index in [1.807, 2.05) is 0 Å². The van der Waals surface area contributed by atoms with Crippen molar-refractivity contribution < 1.29 is 9.90 Å². The van der Waals surface area contributed by atoms with Crippen LogP contribution in [0.3, 0.4) is 0 Å². The third kappa shape index (κ3) is 20.4. The minimum absolute atomic E-state index is 0.308. The number of hydrogen-bond donors (Lipinski definition) is 1. The highest BCUT2D eigenvalue weighted by Gasteiger charge is 1.95. The molecular formula is C22H36O2. The predicted molar refractivity (Wildman–Crippen MR) is 105 cm³/mol. The Morgan fingerprint density at radius 3 is 2.00 bits per heavy atom. The first-order valence-corrected chi connectivity index (χ1v) is 9.60. The Kier molecular flexibility index (Phi) is 18.2. The Labute approximate surface area is 149 Å². The van der Waals surface area contributed by atoms with Crippen molar-refractivity contribution in [1.82, 2.24) is 0 Å². The van der Waals surface area contributed by atoms with E-state index in [1.54, 1.807) is 0 Å². The van der Waals surface area contributed by atoms with Crippen molar-refractivity contribution in [3.8, 4) is 0 Å². The van der Waals surface area contributed by atoms with Gasteiger partial charge >= 0.3 is 5.97 Å². The molecule has 0 rings (SSSR count). The van der Waals surface area contributed by atoms with Crippen LogP contribution in [0, 0.1) is 0 Å². The van der Waals surface area contributed by atoms with E-state index in [9.17, 15) is 4.79 Å². The maximum absolute atomic E-state index is 10.4. The fourth-order valence-electron chi connectivity index (χ4n) is 2.33. The third-order valence-electron chi connectivity index (χ3n) is 3.73. The summed E-state index contributed by atoms with van der Waals surface area (Å²) in [6.07, 6.45) is 30.3. The van der Waals surface area contributed by atoms with Crippen LogP contribution in [-0.2, 0) is 4.79 Å². The summed E-state index contributed by atoms with van der Waals surface area (Å²) in [4.78, 5) is 10.4. The lowest BCUT2D eigenvalue weighted by Crippen LogP contribution is -1.93. The molecule has 0 fully saturated rings. The molecule has 0 saturated heterocycles. The largest absolute Gasteiger partial charge is 0.481 e. The van der Waals surface area contributed by atoms with Crippen LogP contribution in [0.2, 0.25) is 0 Å². The normalized spacial score (nSPS) is 12.4. The predicted octanol–water partition coefficient (Wildman–Crippen LogP) is 7.00. The molecule has 0 bridgehead atoms. The molecule has 0 radical (unpaired) electrons. The molecule has 0 aliphatic rings. The quantitative estimate of drug-likeness (QED) is 0.188. The van der Waals surface area contributed by atoms with Crippen molar-refractivity contribution in [2.45, 2.75) is 84.0 Å². The zero-order valence-corrected chi connectivity index (χ0v) is 15.5. The van der Waals surface area contributed by atoms with E-state index in [2.05, 4.69) is 55.5 Å². The Balaban J connectivity index is 3.34.